The van der Waals surface area contributed by atoms with E-state index in [1.165, 1.54) is 16.9 Å². The van der Waals surface area contributed by atoms with E-state index in [-0.39, 0.29) is 0 Å². The SMILES string of the molecule is COc1ccccc1CCCC1CCN(C(=O)O)CC1. The van der Waals surface area contributed by atoms with E-state index < -0.39 is 6.09 Å². The van der Waals surface area contributed by atoms with Crippen LogP contribution >= 0.6 is 0 Å². The number of carboxylic acid groups (broad SMARTS) is 1. The number of piperidine rings is 1. The molecule has 4 heteroatoms. The van der Waals surface area contributed by atoms with Gasteiger partial charge in [0.05, 0.1) is 7.11 Å². The molecular formula is C16H23NO3. The Bertz CT molecular complexity index is 439. The number of nitrogens with zero attached hydrogens (tertiary/aromatic N) is 1. The summed E-state index contributed by atoms with van der Waals surface area (Å²) in [4.78, 5) is 12.4. The van der Waals surface area contributed by atoms with Gasteiger partial charge in [-0.25, -0.2) is 4.79 Å². The summed E-state index contributed by atoms with van der Waals surface area (Å²) in [6, 6.07) is 8.15. The number of para-hydroxylation sites is 1. The fourth-order valence-electron chi connectivity index (χ4n) is 2.90. The van der Waals surface area contributed by atoms with Crippen LogP contribution in [-0.2, 0) is 6.42 Å². The zero-order valence-corrected chi connectivity index (χ0v) is 12.0. The highest BCUT2D eigenvalue weighted by Crippen LogP contribution is 2.25. The highest BCUT2D eigenvalue weighted by Gasteiger charge is 2.21. The summed E-state index contributed by atoms with van der Waals surface area (Å²) in [6.07, 6.45) is 4.56. The van der Waals surface area contributed by atoms with Crippen molar-refractivity contribution in [3.63, 3.8) is 0 Å². The Hall–Kier alpha value is -1.71. The van der Waals surface area contributed by atoms with Crippen molar-refractivity contribution >= 4 is 6.09 Å². The van der Waals surface area contributed by atoms with Crippen LogP contribution in [-0.4, -0.2) is 36.3 Å². The van der Waals surface area contributed by atoms with Gasteiger partial charge in [0.25, 0.3) is 0 Å². The minimum Gasteiger partial charge on any atom is -0.496 e. The van der Waals surface area contributed by atoms with Crippen LogP contribution in [0.15, 0.2) is 24.3 Å². The number of ether oxygens (including phenoxy) is 1. The molecule has 1 aliphatic heterocycles. The second-order valence-corrected chi connectivity index (χ2v) is 5.42. The largest absolute Gasteiger partial charge is 0.496 e. The van der Waals surface area contributed by atoms with Crippen LogP contribution in [0.2, 0.25) is 0 Å². The molecule has 0 saturated carbocycles. The maximum Gasteiger partial charge on any atom is 0.407 e. The normalized spacial score (nSPS) is 16.1. The minimum absolute atomic E-state index is 0.667. The van der Waals surface area contributed by atoms with Gasteiger partial charge < -0.3 is 14.7 Å². The van der Waals surface area contributed by atoms with E-state index in [4.69, 9.17) is 9.84 Å². The van der Waals surface area contributed by atoms with E-state index in [1.807, 2.05) is 18.2 Å². The molecule has 0 unspecified atom stereocenters. The molecule has 1 heterocycles. The second-order valence-electron chi connectivity index (χ2n) is 5.42. The zero-order valence-electron chi connectivity index (χ0n) is 12.0. The van der Waals surface area contributed by atoms with Gasteiger partial charge in [-0.3, -0.25) is 0 Å². The zero-order chi connectivity index (χ0) is 14.4. The predicted octanol–water partition coefficient (Wildman–Crippen LogP) is 3.41. The highest BCUT2D eigenvalue weighted by molar-refractivity contribution is 5.64. The topological polar surface area (TPSA) is 49.8 Å². The molecule has 20 heavy (non-hydrogen) atoms. The molecule has 1 amide bonds. The van der Waals surface area contributed by atoms with Gasteiger partial charge >= 0.3 is 6.09 Å². The molecule has 2 rings (SSSR count). The molecule has 1 saturated heterocycles. The van der Waals surface area contributed by atoms with Crippen molar-refractivity contribution in [3.8, 4) is 5.75 Å². The lowest BCUT2D eigenvalue weighted by Crippen LogP contribution is -2.37. The van der Waals surface area contributed by atoms with Crippen LogP contribution in [0.3, 0.4) is 0 Å². The van der Waals surface area contributed by atoms with E-state index >= 15 is 0 Å². The van der Waals surface area contributed by atoms with Crippen LogP contribution in [0.4, 0.5) is 4.79 Å². The van der Waals surface area contributed by atoms with Gasteiger partial charge in [0.15, 0.2) is 0 Å². The molecule has 110 valence electrons. The summed E-state index contributed by atoms with van der Waals surface area (Å²) in [6.45, 7) is 1.38. The van der Waals surface area contributed by atoms with Crippen molar-refractivity contribution in [2.75, 3.05) is 20.2 Å². The van der Waals surface area contributed by atoms with Crippen molar-refractivity contribution in [3.05, 3.63) is 29.8 Å². The Kier molecular flexibility index (Phi) is 5.27. The first-order chi connectivity index (χ1) is 9.70. The van der Waals surface area contributed by atoms with Gasteiger partial charge in [-0.2, -0.15) is 0 Å². The van der Waals surface area contributed by atoms with Crippen molar-refractivity contribution in [2.24, 2.45) is 5.92 Å². The predicted molar refractivity (Wildman–Crippen MR) is 78.3 cm³/mol. The van der Waals surface area contributed by atoms with E-state index in [9.17, 15) is 4.79 Å². The van der Waals surface area contributed by atoms with Crippen LogP contribution < -0.4 is 4.74 Å². The van der Waals surface area contributed by atoms with Crippen LogP contribution in [0.1, 0.15) is 31.2 Å². The smallest absolute Gasteiger partial charge is 0.407 e. The number of carbonyl (C=O) groups is 1. The van der Waals surface area contributed by atoms with Crippen molar-refractivity contribution in [1.29, 1.82) is 0 Å². The molecule has 4 nitrogen and oxygen atoms in total. The van der Waals surface area contributed by atoms with Crippen LogP contribution in [0.25, 0.3) is 0 Å². The molecule has 0 spiro atoms. The maximum absolute atomic E-state index is 10.8. The van der Waals surface area contributed by atoms with Crippen molar-refractivity contribution in [2.45, 2.75) is 32.1 Å². The molecule has 1 aliphatic rings. The Morgan fingerprint density at radius 2 is 2.05 bits per heavy atom. The van der Waals surface area contributed by atoms with Crippen molar-refractivity contribution in [1.82, 2.24) is 4.90 Å². The number of hydrogen-bond acceptors (Lipinski definition) is 2. The molecule has 0 aliphatic carbocycles. The van der Waals surface area contributed by atoms with Crippen molar-refractivity contribution < 1.29 is 14.6 Å². The number of hydrogen-bond donors (Lipinski definition) is 1. The van der Waals surface area contributed by atoms with E-state index in [1.54, 1.807) is 7.11 Å². The first kappa shape index (κ1) is 14.7. The van der Waals surface area contributed by atoms with E-state index in [0.29, 0.717) is 19.0 Å². The Morgan fingerprint density at radius 1 is 1.35 bits per heavy atom. The summed E-state index contributed by atoms with van der Waals surface area (Å²) in [5.74, 6) is 1.63. The molecule has 1 aromatic carbocycles. The Labute approximate surface area is 120 Å². The first-order valence-electron chi connectivity index (χ1n) is 7.30. The number of benzene rings is 1. The average Bonchev–Trinajstić information content (AvgIpc) is 2.48. The fraction of sp³-hybridized carbons (Fsp3) is 0.562. The molecule has 0 aromatic heterocycles. The molecule has 0 bridgehead atoms. The lowest BCUT2D eigenvalue weighted by molar-refractivity contribution is 0.123. The summed E-state index contributed by atoms with van der Waals surface area (Å²) >= 11 is 0. The molecule has 1 N–H and O–H groups in total. The van der Waals surface area contributed by atoms with Crippen LogP contribution in [0, 0.1) is 5.92 Å². The van der Waals surface area contributed by atoms with Crippen LogP contribution in [0.5, 0.6) is 5.75 Å². The summed E-state index contributed by atoms with van der Waals surface area (Å²) < 4.78 is 5.36. The summed E-state index contributed by atoms with van der Waals surface area (Å²) in [5.41, 5.74) is 1.26. The third-order valence-electron chi connectivity index (χ3n) is 4.14. The number of methoxy groups -OCH3 is 1. The molecular weight excluding hydrogens is 254 g/mol. The number of amides is 1. The Morgan fingerprint density at radius 3 is 2.70 bits per heavy atom. The molecule has 0 radical (unpaired) electrons. The third kappa shape index (κ3) is 3.89. The standard InChI is InChI=1S/C16H23NO3/c1-20-15-8-3-2-6-14(15)7-4-5-13-9-11-17(12-10-13)16(18)19/h2-3,6,8,13H,4-5,7,9-12H2,1H3,(H,18,19). The van der Waals surface area contributed by atoms with E-state index in [0.717, 1.165) is 31.4 Å². The first-order valence-corrected chi connectivity index (χ1v) is 7.30. The third-order valence-corrected chi connectivity index (χ3v) is 4.14. The number of aryl methyl sites for hydroxylation is 1. The summed E-state index contributed by atoms with van der Waals surface area (Å²) in [5, 5.41) is 8.92. The van der Waals surface area contributed by atoms with Gasteiger partial charge in [-0.05, 0) is 49.7 Å². The van der Waals surface area contributed by atoms with E-state index in [2.05, 4.69) is 6.07 Å². The van der Waals surface area contributed by atoms with Gasteiger partial charge in [0.2, 0.25) is 0 Å². The molecule has 1 aromatic rings. The molecule has 1 fully saturated rings. The van der Waals surface area contributed by atoms with Gasteiger partial charge in [-0.15, -0.1) is 0 Å². The van der Waals surface area contributed by atoms with Gasteiger partial charge in [0, 0.05) is 13.1 Å². The lowest BCUT2D eigenvalue weighted by atomic mass is 9.91. The van der Waals surface area contributed by atoms with Gasteiger partial charge in [0.1, 0.15) is 5.75 Å². The summed E-state index contributed by atoms with van der Waals surface area (Å²) in [7, 11) is 1.71. The maximum atomic E-state index is 10.8. The quantitative estimate of drug-likeness (QED) is 0.897. The number of rotatable bonds is 5. The fourth-order valence-corrected chi connectivity index (χ4v) is 2.90. The lowest BCUT2D eigenvalue weighted by Gasteiger charge is -2.29. The second kappa shape index (κ2) is 7.17. The minimum atomic E-state index is -0.780. The molecule has 0 atom stereocenters. The average molecular weight is 277 g/mol. The monoisotopic (exact) mass is 277 g/mol. The van der Waals surface area contributed by atoms with Gasteiger partial charge in [-0.1, -0.05) is 18.2 Å². The Balaban J connectivity index is 1.73. The highest BCUT2D eigenvalue weighted by atomic mass is 16.5. The number of likely N-dealkylation sites (tertiary alicyclic amines) is 1.